The molecule has 0 aliphatic carbocycles. The number of rotatable bonds is 6. The fourth-order valence-electron chi connectivity index (χ4n) is 2.89. The van der Waals surface area contributed by atoms with E-state index in [0.29, 0.717) is 18.2 Å². The zero-order valence-electron chi connectivity index (χ0n) is 15.5. The van der Waals surface area contributed by atoms with Gasteiger partial charge in [-0.2, -0.15) is 4.31 Å². The van der Waals surface area contributed by atoms with Crippen molar-refractivity contribution >= 4 is 38.3 Å². The minimum absolute atomic E-state index is 0.0694. The second kappa shape index (κ2) is 8.80. The Labute approximate surface area is 168 Å². The molecule has 1 fully saturated rings. The largest absolute Gasteiger partial charge is 0.340 e. The first kappa shape index (κ1) is 20.4. The first-order valence-corrected chi connectivity index (χ1v) is 11.2. The van der Waals surface area contributed by atoms with Crippen LogP contribution in [0.25, 0.3) is 0 Å². The summed E-state index contributed by atoms with van der Waals surface area (Å²) in [4.78, 5) is 30.3. The zero-order valence-corrected chi connectivity index (χ0v) is 17.1. The van der Waals surface area contributed by atoms with Crippen molar-refractivity contribution in [1.82, 2.24) is 14.2 Å². The van der Waals surface area contributed by atoms with E-state index < -0.39 is 10.0 Å². The van der Waals surface area contributed by atoms with Gasteiger partial charge in [-0.05, 0) is 19.1 Å². The first-order valence-electron chi connectivity index (χ1n) is 8.91. The molecule has 2 aromatic rings. The molecule has 1 aliphatic rings. The number of hydrogen-bond donors (Lipinski definition) is 1. The second-order valence-electron chi connectivity index (χ2n) is 6.44. The highest BCUT2D eigenvalue weighted by molar-refractivity contribution is 7.89. The number of sulfonamides is 1. The lowest BCUT2D eigenvalue weighted by molar-refractivity contribution is -0.133. The highest BCUT2D eigenvalue weighted by Crippen LogP contribution is 2.18. The van der Waals surface area contributed by atoms with Gasteiger partial charge in [0.25, 0.3) is 0 Å². The summed E-state index contributed by atoms with van der Waals surface area (Å²) in [6.07, 6.45) is 0.154. The molecule has 0 bridgehead atoms. The highest BCUT2D eigenvalue weighted by atomic mass is 32.2. The van der Waals surface area contributed by atoms with Crippen LogP contribution in [0.1, 0.15) is 18.5 Å². The van der Waals surface area contributed by atoms with E-state index in [1.807, 2.05) is 12.3 Å². The molecule has 1 aliphatic heterocycles. The van der Waals surface area contributed by atoms with Crippen molar-refractivity contribution in [1.29, 1.82) is 0 Å². The lowest BCUT2D eigenvalue weighted by Crippen LogP contribution is -2.50. The molecular weight excluding hydrogens is 400 g/mol. The molecule has 2 heterocycles. The molecule has 1 aromatic heterocycles. The maximum atomic E-state index is 12.6. The van der Waals surface area contributed by atoms with Crippen molar-refractivity contribution in [2.24, 2.45) is 0 Å². The van der Waals surface area contributed by atoms with Gasteiger partial charge in [0.15, 0.2) is 5.13 Å². The number of aryl methyl sites for hydroxylation is 1. The summed E-state index contributed by atoms with van der Waals surface area (Å²) in [6, 6.07) is 8.27. The van der Waals surface area contributed by atoms with Crippen LogP contribution in [0.2, 0.25) is 0 Å². The van der Waals surface area contributed by atoms with E-state index in [2.05, 4.69) is 10.3 Å². The van der Waals surface area contributed by atoms with Crippen molar-refractivity contribution < 1.29 is 18.0 Å². The standard InChI is InChI=1S/C18H22N4O4S2/c1-14-13-27-18(19-14)20-16(23)7-8-17(24)21-9-11-22(12-10-21)28(25,26)15-5-3-2-4-6-15/h2-6,13H,7-12H2,1H3,(H,19,20,23). The van der Waals surface area contributed by atoms with E-state index in [1.165, 1.54) is 15.6 Å². The second-order valence-corrected chi connectivity index (χ2v) is 9.24. The molecule has 10 heteroatoms. The molecule has 0 unspecified atom stereocenters. The van der Waals surface area contributed by atoms with E-state index in [0.717, 1.165) is 5.69 Å². The van der Waals surface area contributed by atoms with Crippen LogP contribution in [0.15, 0.2) is 40.6 Å². The molecule has 2 amide bonds. The number of piperazine rings is 1. The Morgan fingerprint density at radius 2 is 1.79 bits per heavy atom. The van der Waals surface area contributed by atoms with Crippen molar-refractivity contribution in [3.63, 3.8) is 0 Å². The van der Waals surface area contributed by atoms with Gasteiger partial charge in [0.1, 0.15) is 0 Å². The van der Waals surface area contributed by atoms with Crippen molar-refractivity contribution in [3.05, 3.63) is 41.4 Å². The summed E-state index contributed by atoms with van der Waals surface area (Å²) < 4.78 is 26.6. The summed E-state index contributed by atoms with van der Waals surface area (Å²) >= 11 is 1.34. The Hall–Kier alpha value is -2.30. The Balaban J connectivity index is 1.46. The first-order chi connectivity index (χ1) is 13.4. The normalized spacial score (nSPS) is 15.4. The van der Waals surface area contributed by atoms with Gasteiger partial charge in [-0.3, -0.25) is 9.59 Å². The molecule has 1 aromatic carbocycles. The fraction of sp³-hybridized carbons (Fsp3) is 0.389. The number of thiazole rings is 1. The number of anilines is 1. The van der Waals surface area contributed by atoms with Gasteiger partial charge in [0, 0.05) is 44.4 Å². The molecule has 0 spiro atoms. The predicted octanol–water partition coefficient (Wildman–Crippen LogP) is 1.70. The number of benzene rings is 1. The van der Waals surface area contributed by atoms with Crippen LogP contribution in [0.5, 0.6) is 0 Å². The molecule has 150 valence electrons. The maximum absolute atomic E-state index is 12.6. The average molecular weight is 423 g/mol. The SMILES string of the molecule is Cc1csc(NC(=O)CCC(=O)N2CCN(S(=O)(=O)c3ccccc3)CC2)n1. The monoisotopic (exact) mass is 422 g/mol. The van der Waals surface area contributed by atoms with Gasteiger partial charge < -0.3 is 10.2 Å². The zero-order chi connectivity index (χ0) is 20.1. The molecule has 0 radical (unpaired) electrons. The third-order valence-corrected chi connectivity index (χ3v) is 7.19. The van der Waals surface area contributed by atoms with E-state index in [1.54, 1.807) is 35.2 Å². The van der Waals surface area contributed by atoms with Crippen LogP contribution in [0.3, 0.4) is 0 Å². The summed E-state index contributed by atoms with van der Waals surface area (Å²) in [7, 11) is -3.54. The van der Waals surface area contributed by atoms with Gasteiger partial charge in [0.05, 0.1) is 10.6 Å². The highest BCUT2D eigenvalue weighted by Gasteiger charge is 2.29. The van der Waals surface area contributed by atoms with Gasteiger partial charge in [-0.1, -0.05) is 18.2 Å². The minimum atomic E-state index is -3.54. The maximum Gasteiger partial charge on any atom is 0.243 e. The summed E-state index contributed by atoms with van der Waals surface area (Å²) in [6.45, 7) is 2.96. The topological polar surface area (TPSA) is 99.7 Å². The van der Waals surface area contributed by atoms with Crippen LogP contribution in [0, 0.1) is 6.92 Å². The Morgan fingerprint density at radius 3 is 2.39 bits per heavy atom. The van der Waals surface area contributed by atoms with Gasteiger partial charge in [-0.15, -0.1) is 11.3 Å². The third-order valence-electron chi connectivity index (χ3n) is 4.40. The predicted molar refractivity (Wildman–Crippen MR) is 106 cm³/mol. The number of carbonyl (C=O) groups is 2. The number of nitrogens with one attached hydrogen (secondary N) is 1. The molecule has 1 saturated heterocycles. The molecule has 3 rings (SSSR count). The number of nitrogens with zero attached hydrogens (tertiary/aromatic N) is 3. The molecule has 8 nitrogen and oxygen atoms in total. The van der Waals surface area contributed by atoms with Crippen LogP contribution >= 0.6 is 11.3 Å². The van der Waals surface area contributed by atoms with Crippen molar-refractivity contribution in [3.8, 4) is 0 Å². The quantitative estimate of drug-likeness (QED) is 0.764. The Kier molecular flexibility index (Phi) is 6.42. The van der Waals surface area contributed by atoms with Crippen LogP contribution in [-0.2, 0) is 19.6 Å². The van der Waals surface area contributed by atoms with E-state index >= 15 is 0 Å². The van der Waals surface area contributed by atoms with E-state index in [4.69, 9.17) is 0 Å². The van der Waals surface area contributed by atoms with Crippen LogP contribution in [-0.4, -0.2) is 60.6 Å². The molecule has 1 N–H and O–H groups in total. The van der Waals surface area contributed by atoms with Crippen molar-refractivity contribution in [2.75, 3.05) is 31.5 Å². The summed E-state index contributed by atoms with van der Waals surface area (Å²) in [5.74, 6) is -0.407. The molecule has 28 heavy (non-hydrogen) atoms. The van der Waals surface area contributed by atoms with E-state index in [9.17, 15) is 18.0 Å². The Bertz CT molecular complexity index is 936. The Morgan fingerprint density at radius 1 is 1.11 bits per heavy atom. The fourth-order valence-corrected chi connectivity index (χ4v) is 5.04. The molecule has 0 atom stereocenters. The smallest absolute Gasteiger partial charge is 0.243 e. The summed E-state index contributed by atoms with van der Waals surface area (Å²) in [5, 5.41) is 5.04. The lowest BCUT2D eigenvalue weighted by Gasteiger charge is -2.34. The molecular formula is C18H22N4O4S2. The van der Waals surface area contributed by atoms with Crippen molar-refractivity contribution in [2.45, 2.75) is 24.7 Å². The van der Waals surface area contributed by atoms with Crippen LogP contribution in [0.4, 0.5) is 5.13 Å². The minimum Gasteiger partial charge on any atom is -0.340 e. The number of aromatic nitrogens is 1. The van der Waals surface area contributed by atoms with Gasteiger partial charge >= 0.3 is 0 Å². The number of amides is 2. The third kappa shape index (κ3) is 4.94. The lowest BCUT2D eigenvalue weighted by atomic mass is 10.2. The average Bonchev–Trinajstić information content (AvgIpc) is 3.11. The van der Waals surface area contributed by atoms with Gasteiger partial charge in [0.2, 0.25) is 21.8 Å². The van der Waals surface area contributed by atoms with Gasteiger partial charge in [-0.25, -0.2) is 13.4 Å². The van der Waals surface area contributed by atoms with Crippen LogP contribution < -0.4 is 5.32 Å². The van der Waals surface area contributed by atoms with E-state index in [-0.39, 0.29) is 42.6 Å². The summed E-state index contributed by atoms with van der Waals surface area (Å²) in [5.41, 5.74) is 0.833. The number of hydrogen-bond acceptors (Lipinski definition) is 6. The number of carbonyl (C=O) groups excluding carboxylic acids is 2. The molecule has 0 saturated carbocycles.